The van der Waals surface area contributed by atoms with Crippen LogP contribution in [0.3, 0.4) is 0 Å². The van der Waals surface area contributed by atoms with Gasteiger partial charge in [-0.05, 0) is 105 Å². The third kappa shape index (κ3) is 8.58. The van der Waals surface area contributed by atoms with Gasteiger partial charge in [-0.3, -0.25) is 9.59 Å². The van der Waals surface area contributed by atoms with Gasteiger partial charge in [-0.25, -0.2) is 4.79 Å². The number of hydrogen-bond donors (Lipinski definition) is 3. The van der Waals surface area contributed by atoms with E-state index in [0.29, 0.717) is 76.0 Å². The summed E-state index contributed by atoms with van der Waals surface area (Å²) in [4.78, 5) is 45.8. The molecule has 0 saturated carbocycles. The van der Waals surface area contributed by atoms with Crippen LogP contribution >= 0.6 is 11.3 Å². The molecule has 6 rings (SSSR count). The van der Waals surface area contributed by atoms with Crippen molar-refractivity contribution in [1.82, 2.24) is 20.0 Å². The molecular weight excluding hydrogens is 698 g/mol. The molecule has 280 valence electrons. The minimum atomic E-state index is -5.16. The third-order valence-electron chi connectivity index (χ3n) is 11.1. The molecule has 5 heterocycles. The highest BCUT2D eigenvalue weighted by molar-refractivity contribution is 7.08. The maximum absolute atomic E-state index is 14.1. The highest BCUT2D eigenvalue weighted by atomic mass is 32.1. The summed E-state index contributed by atoms with van der Waals surface area (Å²) in [5.74, 6) is -1.06. The van der Waals surface area contributed by atoms with Gasteiger partial charge in [0.2, 0.25) is 11.8 Å². The Kier molecular flexibility index (Phi) is 11.1. The van der Waals surface area contributed by atoms with E-state index in [1.807, 2.05) is 10.8 Å². The normalized spacial score (nSPS) is 20.9. The Bertz CT molecular complexity index is 1540. The van der Waals surface area contributed by atoms with Crippen LogP contribution in [-0.4, -0.2) is 84.4 Å². The Morgan fingerprint density at radius 2 is 1.43 bits per heavy atom. The Hall–Kier alpha value is -3.53. The summed E-state index contributed by atoms with van der Waals surface area (Å²) < 4.78 is 83.3. The fourth-order valence-corrected chi connectivity index (χ4v) is 9.09. The number of alkyl halides is 6. The van der Waals surface area contributed by atoms with Crippen LogP contribution in [0.25, 0.3) is 0 Å². The molecule has 3 fully saturated rings. The molecule has 4 N–H and O–H groups in total. The fourth-order valence-electron chi connectivity index (χ4n) is 8.27. The van der Waals surface area contributed by atoms with Gasteiger partial charge in [0.25, 0.3) is 0 Å². The summed E-state index contributed by atoms with van der Waals surface area (Å²) >= 11 is 1.52. The molecule has 0 radical (unpaired) electrons. The summed E-state index contributed by atoms with van der Waals surface area (Å²) in [7, 11) is 0. The average Bonchev–Trinajstić information content (AvgIpc) is 3.47. The first-order valence-electron chi connectivity index (χ1n) is 17.7. The molecule has 4 amide bonds. The zero-order valence-corrected chi connectivity index (χ0v) is 29.1. The minimum Gasteiger partial charge on any atom is -0.398 e. The number of carbonyl (C=O) groups excluding carboxylic acids is 3. The van der Waals surface area contributed by atoms with E-state index in [4.69, 9.17) is 5.73 Å². The first-order chi connectivity index (χ1) is 24.2. The number of nitrogen functional groups attached to an aromatic ring is 1. The van der Waals surface area contributed by atoms with E-state index in [1.165, 1.54) is 11.3 Å². The Balaban J connectivity index is 1.17. The molecule has 0 spiro atoms. The van der Waals surface area contributed by atoms with Gasteiger partial charge in [0.15, 0.2) is 0 Å². The molecule has 1 atom stereocenters. The topological polar surface area (TPSA) is 111 Å². The van der Waals surface area contributed by atoms with Crippen molar-refractivity contribution in [2.45, 2.75) is 76.2 Å². The van der Waals surface area contributed by atoms with Crippen molar-refractivity contribution in [3.05, 3.63) is 45.1 Å². The number of fused-ring (bicyclic) bond motifs is 1. The summed E-state index contributed by atoms with van der Waals surface area (Å²) in [6.45, 7) is 3.83. The molecular formula is C35H44F6N6O3S. The number of carbonyl (C=O) groups is 3. The van der Waals surface area contributed by atoms with Crippen LogP contribution in [0.1, 0.15) is 67.2 Å². The van der Waals surface area contributed by atoms with Crippen molar-refractivity contribution in [3.8, 4) is 0 Å². The molecule has 9 nitrogen and oxygen atoms in total. The molecule has 51 heavy (non-hydrogen) atoms. The Morgan fingerprint density at radius 3 is 2.04 bits per heavy atom. The van der Waals surface area contributed by atoms with Gasteiger partial charge in [-0.1, -0.05) is 0 Å². The summed E-state index contributed by atoms with van der Waals surface area (Å²) in [6, 6.07) is 0.813. The van der Waals surface area contributed by atoms with Gasteiger partial charge in [-0.15, -0.1) is 11.3 Å². The zero-order valence-electron chi connectivity index (χ0n) is 28.3. The Morgan fingerprint density at radius 1 is 0.843 bits per heavy atom. The molecule has 3 saturated heterocycles. The number of piperidine rings is 3. The van der Waals surface area contributed by atoms with Crippen molar-refractivity contribution in [1.29, 1.82) is 0 Å². The smallest absolute Gasteiger partial charge is 0.398 e. The second kappa shape index (κ2) is 15.2. The molecule has 1 aromatic carbocycles. The second-order valence-electron chi connectivity index (χ2n) is 14.3. The van der Waals surface area contributed by atoms with E-state index in [-0.39, 0.29) is 24.1 Å². The average molecular weight is 743 g/mol. The lowest BCUT2D eigenvalue weighted by Crippen LogP contribution is -2.50. The van der Waals surface area contributed by atoms with Gasteiger partial charge < -0.3 is 31.1 Å². The van der Waals surface area contributed by atoms with Gasteiger partial charge in [-0.2, -0.15) is 26.3 Å². The number of nitrogens with one attached hydrogen (secondary N) is 2. The summed E-state index contributed by atoms with van der Waals surface area (Å²) in [5, 5.41) is 10.2. The monoisotopic (exact) mass is 742 g/mol. The minimum absolute atomic E-state index is 0.114. The number of urea groups is 1. The lowest BCUT2D eigenvalue weighted by Gasteiger charge is -2.40. The first-order valence-corrected chi connectivity index (χ1v) is 18.6. The number of nitrogens with zero attached hydrogens (tertiary/aromatic N) is 3. The molecule has 0 aliphatic carbocycles. The molecule has 0 bridgehead atoms. The van der Waals surface area contributed by atoms with E-state index >= 15 is 0 Å². The number of hydrogen-bond acceptors (Lipinski definition) is 6. The van der Waals surface area contributed by atoms with Gasteiger partial charge in [0.1, 0.15) is 0 Å². The van der Waals surface area contributed by atoms with Crippen molar-refractivity contribution in [2.24, 2.45) is 17.8 Å². The van der Waals surface area contributed by atoms with Crippen LogP contribution in [0, 0.1) is 17.8 Å². The number of amides is 4. The summed E-state index contributed by atoms with van der Waals surface area (Å²) in [5.41, 5.74) is 2.22. The van der Waals surface area contributed by atoms with Gasteiger partial charge >= 0.3 is 18.4 Å². The molecule has 4 aliphatic heterocycles. The molecule has 0 unspecified atom stereocenters. The highest BCUT2D eigenvalue weighted by Crippen LogP contribution is 2.43. The van der Waals surface area contributed by atoms with E-state index in [2.05, 4.69) is 10.6 Å². The largest absolute Gasteiger partial charge is 0.418 e. The number of rotatable bonds is 7. The van der Waals surface area contributed by atoms with Gasteiger partial charge in [0, 0.05) is 50.6 Å². The third-order valence-corrected chi connectivity index (χ3v) is 11.9. The number of thiophene rings is 1. The van der Waals surface area contributed by atoms with E-state index in [1.54, 1.807) is 14.7 Å². The molecule has 2 aromatic rings. The SMILES string of the molecule is Nc1c(C(F)(F)F)cc(C[C@@H](CC(=O)N2CCC(N3CCc4cscc4NC3=O)CC2)C(=O)N2CCC(C3CCNCC3)CC2)cc1C(F)(F)F. The Labute approximate surface area is 296 Å². The maximum Gasteiger partial charge on any atom is 0.418 e. The standard InChI is InChI=1S/C35H44F6N6O3S/c36-34(37,38)27-16-21(17-28(31(27)42)35(39,40)41)15-25(32(49)46-10-3-23(4-11-46)22-1-8-43-9-2-22)18-30(48)45-12-6-26(7-13-45)47-14-5-24-19-51-20-29(24)44-33(47)50/h16-17,19-20,22-23,25-26,43H,1-15,18,42H2,(H,44,50)/t25-/m0/s1. The van der Waals surface area contributed by atoms with E-state index < -0.39 is 53.3 Å². The number of anilines is 2. The highest BCUT2D eigenvalue weighted by Gasteiger charge is 2.42. The van der Waals surface area contributed by atoms with Crippen LogP contribution in [0.15, 0.2) is 22.9 Å². The van der Waals surface area contributed by atoms with Crippen molar-refractivity contribution in [2.75, 3.05) is 56.9 Å². The number of likely N-dealkylation sites (tertiary alicyclic amines) is 2. The van der Waals surface area contributed by atoms with Crippen molar-refractivity contribution in [3.63, 3.8) is 0 Å². The van der Waals surface area contributed by atoms with Crippen LogP contribution in [0.2, 0.25) is 0 Å². The first kappa shape index (κ1) is 37.2. The second-order valence-corrected chi connectivity index (χ2v) is 15.0. The lowest BCUT2D eigenvalue weighted by atomic mass is 9.79. The number of benzene rings is 1. The van der Waals surface area contributed by atoms with Crippen LogP contribution in [0.5, 0.6) is 0 Å². The van der Waals surface area contributed by atoms with Crippen LogP contribution in [0.4, 0.5) is 42.5 Å². The van der Waals surface area contributed by atoms with E-state index in [9.17, 15) is 40.7 Å². The number of halogens is 6. The van der Waals surface area contributed by atoms with Crippen LogP contribution < -0.4 is 16.4 Å². The van der Waals surface area contributed by atoms with Crippen molar-refractivity contribution < 1.29 is 40.7 Å². The number of nitrogens with two attached hydrogens (primary N) is 1. The quantitative estimate of drug-likeness (QED) is 0.230. The van der Waals surface area contributed by atoms with Crippen molar-refractivity contribution >= 4 is 40.6 Å². The van der Waals surface area contributed by atoms with E-state index in [0.717, 1.165) is 50.0 Å². The molecule has 4 aliphatic rings. The fraction of sp³-hybridized carbons (Fsp3) is 0.629. The lowest BCUT2D eigenvalue weighted by molar-refractivity contribution is -0.143. The van der Waals surface area contributed by atoms with Gasteiger partial charge in [0.05, 0.1) is 28.4 Å². The summed E-state index contributed by atoms with van der Waals surface area (Å²) in [6.07, 6.45) is -5.89. The zero-order chi connectivity index (χ0) is 36.5. The molecule has 1 aromatic heterocycles. The predicted molar refractivity (Wildman–Crippen MR) is 181 cm³/mol. The van der Waals surface area contributed by atoms with Crippen LogP contribution in [-0.2, 0) is 34.8 Å². The molecule has 16 heteroatoms. The predicted octanol–water partition coefficient (Wildman–Crippen LogP) is 6.24. The maximum atomic E-state index is 14.1.